The smallest absolute Gasteiger partial charge is 0.133 e. The summed E-state index contributed by atoms with van der Waals surface area (Å²) in [6, 6.07) is 4.52. The first kappa shape index (κ1) is 12.3. The second kappa shape index (κ2) is 5.09. The molecule has 0 aromatic carbocycles. The van der Waals surface area contributed by atoms with E-state index >= 15 is 0 Å². The standard InChI is InChI=1S/C13H17N3S2/c1-9-5-16(7-11(9)14)6-10-8-18-13(15-10)12-3-2-4-17-12/h2-4,8-9,11H,5-7,14H2,1H3. The van der Waals surface area contributed by atoms with E-state index in [1.807, 2.05) is 0 Å². The van der Waals surface area contributed by atoms with Gasteiger partial charge in [-0.25, -0.2) is 4.98 Å². The van der Waals surface area contributed by atoms with Crippen LogP contribution in [-0.2, 0) is 6.54 Å². The highest BCUT2D eigenvalue weighted by Crippen LogP contribution is 2.28. The summed E-state index contributed by atoms with van der Waals surface area (Å²) < 4.78 is 0. The lowest BCUT2D eigenvalue weighted by molar-refractivity contribution is 0.315. The predicted molar refractivity (Wildman–Crippen MR) is 77.8 cm³/mol. The molecule has 2 atom stereocenters. The zero-order chi connectivity index (χ0) is 12.5. The minimum Gasteiger partial charge on any atom is -0.326 e. The van der Waals surface area contributed by atoms with Crippen molar-refractivity contribution in [1.29, 1.82) is 0 Å². The number of thiophene rings is 1. The molecule has 1 fully saturated rings. The average Bonchev–Trinajstić information content (AvgIpc) is 3.02. The van der Waals surface area contributed by atoms with Crippen LogP contribution >= 0.6 is 22.7 Å². The van der Waals surface area contributed by atoms with Crippen LogP contribution in [0.25, 0.3) is 9.88 Å². The molecule has 2 aromatic heterocycles. The van der Waals surface area contributed by atoms with Crippen molar-refractivity contribution in [3.05, 3.63) is 28.6 Å². The van der Waals surface area contributed by atoms with Gasteiger partial charge in [-0.3, -0.25) is 4.90 Å². The molecule has 18 heavy (non-hydrogen) atoms. The van der Waals surface area contributed by atoms with Crippen LogP contribution in [0.2, 0.25) is 0 Å². The quantitative estimate of drug-likeness (QED) is 0.939. The Bertz CT molecular complexity index is 496. The van der Waals surface area contributed by atoms with Crippen molar-refractivity contribution >= 4 is 22.7 Å². The summed E-state index contributed by atoms with van der Waals surface area (Å²) in [7, 11) is 0. The van der Waals surface area contributed by atoms with Crippen molar-refractivity contribution in [2.45, 2.75) is 19.5 Å². The van der Waals surface area contributed by atoms with E-state index in [9.17, 15) is 0 Å². The number of likely N-dealkylation sites (tertiary alicyclic amines) is 1. The van der Waals surface area contributed by atoms with Crippen LogP contribution in [0.1, 0.15) is 12.6 Å². The monoisotopic (exact) mass is 279 g/mol. The van der Waals surface area contributed by atoms with Crippen LogP contribution in [0.4, 0.5) is 0 Å². The molecule has 1 aliphatic heterocycles. The van der Waals surface area contributed by atoms with Crippen molar-refractivity contribution in [2.75, 3.05) is 13.1 Å². The Morgan fingerprint density at radius 1 is 1.44 bits per heavy atom. The second-order valence-corrected chi connectivity index (χ2v) is 6.76. The van der Waals surface area contributed by atoms with E-state index in [4.69, 9.17) is 10.7 Å². The van der Waals surface area contributed by atoms with E-state index in [2.05, 4.69) is 34.7 Å². The highest BCUT2D eigenvalue weighted by atomic mass is 32.1. The summed E-state index contributed by atoms with van der Waals surface area (Å²) in [6.45, 7) is 5.24. The molecule has 0 spiro atoms. The van der Waals surface area contributed by atoms with Crippen molar-refractivity contribution in [1.82, 2.24) is 9.88 Å². The summed E-state index contributed by atoms with van der Waals surface area (Å²) in [5.74, 6) is 0.598. The Morgan fingerprint density at radius 2 is 2.33 bits per heavy atom. The summed E-state index contributed by atoms with van der Waals surface area (Å²) in [5.41, 5.74) is 7.22. The Kier molecular flexibility index (Phi) is 3.48. The first-order valence-corrected chi connectivity index (χ1v) is 7.94. The SMILES string of the molecule is CC1CN(Cc2csc(-c3cccs3)n2)CC1N. The molecule has 5 heteroatoms. The molecule has 2 aromatic rings. The number of nitrogens with two attached hydrogens (primary N) is 1. The van der Waals surface area contributed by atoms with Gasteiger partial charge in [0.05, 0.1) is 10.6 Å². The van der Waals surface area contributed by atoms with Crippen molar-refractivity contribution in [3.8, 4) is 9.88 Å². The van der Waals surface area contributed by atoms with Crippen LogP contribution in [0.3, 0.4) is 0 Å². The van der Waals surface area contributed by atoms with Gasteiger partial charge in [0.1, 0.15) is 5.01 Å². The molecule has 0 amide bonds. The number of rotatable bonds is 3. The lowest BCUT2D eigenvalue weighted by atomic mass is 10.1. The molecule has 2 N–H and O–H groups in total. The van der Waals surface area contributed by atoms with Crippen molar-refractivity contribution in [3.63, 3.8) is 0 Å². The van der Waals surface area contributed by atoms with Crippen LogP contribution < -0.4 is 5.73 Å². The van der Waals surface area contributed by atoms with Gasteiger partial charge >= 0.3 is 0 Å². The van der Waals surface area contributed by atoms with Crippen LogP contribution in [0.5, 0.6) is 0 Å². The number of hydrogen-bond acceptors (Lipinski definition) is 5. The minimum atomic E-state index is 0.320. The molecule has 0 aliphatic carbocycles. The fourth-order valence-electron chi connectivity index (χ4n) is 2.35. The van der Waals surface area contributed by atoms with E-state index in [-0.39, 0.29) is 0 Å². The molecule has 0 saturated carbocycles. The predicted octanol–water partition coefficient (Wildman–Crippen LogP) is 2.65. The first-order chi connectivity index (χ1) is 8.72. The van der Waals surface area contributed by atoms with Gasteiger partial charge in [0.2, 0.25) is 0 Å². The minimum absolute atomic E-state index is 0.320. The maximum Gasteiger partial charge on any atom is 0.133 e. The molecule has 3 nitrogen and oxygen atoms in total. The average molecular weight is 279 g/mol. The Balaban J connectivity index is 1.68. The number of nitrogens with zero attached hydrogens (tertiary/aromatic N) is 2. The summed E-state index contributed by atoms with van der Waals surface area (Å²) in [6.07, 6.45) is 0. The zero-order valence-corrected chi connectivity index (χ0v) is 12.0. The molecule has 3 heterocycles. The normalized spacial score (nSPS) is 24.8. The lowest BCUT2D eigenvalue weighted by Crippen LogP contribution is -2.28. The van der Waals surface area contributed by atoms with Crippen molar-refractivity contribution < 1.29 is 0 Å². The molecule has 1 saturated heterocycles. The van der Waals surface area contributed by atoms with Gasteiger partial charge in [-0.15, -0.1) is 22.7 Å². The highest BCUT2D eigenvalue weighted by Gasteiger charge is 2.26. The molecule has 1 aliphatic rings. The van der Waals surface area contributed by atoms with Crippen LogP contribution in [-0.4, -0.2) is 29.0 Å². The van der Waals surface area contributed by atoms with Gasteiger partial charge in [0.25, 0.3) is 0 Å². The summed E-state index contributed by atoms with van der Waals surface area (Å²) >= 11 is 3.48. The Morgan fingerprint density at radius 3 is 3.00 bits per heavy atom. The van der Waals surface area contributed by atoms with Crippen LogP contribution in [0.15, 0.2) is 22.9 Å². The van der Waals surface area contributed by atoms with Gasteiger partial charge in [0, 0.05) is 31.1 Å². The molecule has 3 rings (SSSR count). The fraction of sp³-hybridized carbons (Fsp3) is 0.462. The van der Waals surface area contributed by atoms with E-state index in [0.29, 0.717) is 12.0 Å². The van der Waals surface area contributed by atoms with Crippen molar-refractivity contribution in [2.24, 2.45) is 11.7 Å². The number of aromatic nitrogens is 1. The summed E-state index contributed by atoms with van der Waals surface area (Å²) in [4.78, 5) is 8.38. The lowest BCUT2D eigenvalue weighted by Gasteiger charge is -2.12. The third-order valence-electron chi connectivity index (χ3n) is 3.42. The molecule has 0 bridgehead atoms. The Labute approximate surface area is 115 Å². The van der Waals surface area contributed by atoms with Gasteiger partial charge in [-0.05, 0) is 17.4 Å². The number of thiazole rings is 1. The van der Waals surface area contributed by atoms with Crippen LogP contribution in [0, 0.1) is 5.92 Å². The van der Waals surface area contributed by atoms with Gasteiger partial charge in [-0.2, -0.15) is 0 Å². The maximum absolute atomic E-state index is 6.05. The van der Waals surface area contributed by atoms with E-state index in [1.165, 1.54) is 10.6 Å². The molecule has 96 valence electrons. The van der Waals surface area contributed by atoms with Gasteiger partial charge < -0.3 is 5.73 Å². The topological polar surface area (TPSA) is 42.2 Å². The van der Waals surface area contributed by atoms with E-state index < -0.39 is 0 Å². The second-order valence-electron chi connectivity index (χ2n) is 4.96. The molecule has 0 radical (unpaired) electrons. The number of hydrogen-bond donors (Lipinski definition) is 1. The van der Waals surface area contributed by atoms with E-state index in [1.54, 1.807) is 22.7 Å². The zero-order valence-electron chi connectivity index (χ0n) is 10.4. The largest absolute Gasteiger partial charge is 0.326 e. The fourth-order valence-corrected chi connectivity index (χ4v) is 3.97. The maximum atomic E-state index is 6.05. The first-order valence-electron chi connectivity index (χ1n) is 6.18. The van der Waals surface area contributed by atoms with E-state index in [0.717, 1.165) is 24.6 Å². The Hall–Kier alpha value is -0.750. The third-order valence-corrected chi connectivity index (χ3v) is 5.35. The highest BCUT2D eigenvalue weighted by molar-refractivity contribution is 7.20. The third kappa shape index (κ3) is 2.49. The van der Waals surface area contributed by atoms with Gasteiger partial charge in [-0.1, -0.05) is 13.0 Å². The molecular weight excluding hydrogens is 262 g/mol. The molecular formula is C13H17N3S2. The van der Waals surface area contributed by atoms with Gasteiger partial charge in [0.15, 0.2) is 0 Å². The molecule has 2 unspecified atom stereocenters. The summed E-state index contributed by atoms with van der Waals surface area (Å²) in [5, 5.41) is 5.40.